The lowest BCUT2D eigenvalue weighted by atomic mass is 10.0. The average molecular weight is 794 g/mol. The highest BCUT2D eigenvalue weighted by Crippen LogP contribution is 2.20. The second-order valence-corrected chi connectivity index (χ2v) is 14.6. The number of unbranched alkanes of at least 4 members (excludes halogenated alkanes) is 1. The Labute approximate surface area is 337 Å². The van der Waals surface area contributed by atoms with Crippen LogP contribution in [0, 0.1) is 6.42 Å². The van der Waals surface area contributed by atoms with Gasteiger partial charge in [-0.25, -0.2) is 0 Å². The van der Waals surface area contributed by atoms with E-state index in [1.807, 2.05) is 30.3 Å². The van der Waals surface area contributed by atoms with E-state index in [0.29, 0.717) is 24.9 Å². The van der Waals surface area contributed by atoms with Crippen molar-refractivity contribution in [2.75, 3.05) is 13.6 Å². The molecule has 4 aromatic rings. The number of carbonyl (C=O) groups is 6. The number of nitrogens with zero attached hydrogens (tertiary/aromatic N) is 1. The average Bonchev–Trinajstić information content (AvgIpc) is 3.63. The second kappa shape index (κ2) is 20.3. The molecule has 1 aliphatic rings. The first-order valence-electron chi connectivity index (χ1n) is 19.5. The molecule has 15 nitrogen and oxygen atoms in total. The summed E-state index contributed by atoms with van der Waals surface area (Å²) in [7, 11) is 1.43. The maximum absolute atomic E-state index is 14.4. The van der Waals surface area contributed by atoms with Crippen LogP contribution in [0.2, 0.25) is 0 Å². The summed E-state index contributed by atoms with van der Waals surface area (Å²) in [6.45, 7) is 3.45. The molecule has 6 amide bonds. The molecule has 307 valence electrons. The maximum atomic E-state index is 14.4. The minimum Gasteiger partial charge on any atom is -0.508 e. The molecule has 6 atom stereocenters. The standard InChI is InChI=1S/C43H53N8O7/c1-4-32-39(54)50-37(23-27-12-6-5-7-13-27)43(58)51(3)26(2)38(53)48-35(22-28-17-19-30(52)20-18-28)41(56)49-36(24-29-25-45-33-15-9-8-14-31(29)33)42(57)47-34(40(55)46-32)16-10-11-21-44/h4-9,12-15,17-20,25-26,32,34-37,45,52H,10-11,16,21-24,44H2,1-3H3,(H,46,55)(H,47,57)(H,48,53)(H,49,56)(H,50,54)/t26-,32-,34-,35-,36+,37-/m0/s1. The Hall–Kier alpha value is -6.22. The van der Waals surface area contributed by atoms with Gasteiger partial charge in [-0.1, -0.05) is 67.6 Å². The summed E-state index contributed by atoms with van der Waals surface area (Å²) >= 11 is 0. The number of likely N-dealkylation sites (N-methyl/N-ethyl adjacent to an activating group) is 1. The molecular formula is C43H53N8O7. The normalized spacial score (nSPS) is 22.9. The van der Waals surface area contributed by atoms with Gasteiger partial charge in [-0.05, 0) is 74.0 Å². The Balaban J connectivity index is 1.55. The number of aromatic amines is 1. The molecule has 0 saturated carbocycles. The zero-order valence-corrected chi connectivity index (χ0v) is 33.0. The zero-order valence-electron chi connectivity index (χ0n) is 33.0. The number of hydrogen-bond donors (Lipinski definition) is 8. The highest BCUT2D eigenvalue weighted by atomic mass is 16.3. The third-order valence-electron chi connectivity index (χ3n) is 10.4. The van der Waals surface area contributed by atoms with Crippen molar-refractivity contribution in [1.29, 1.82) is 0 Å². The van der Waals surface area contributed by atoms with E-state index in [2.05, 4.69) is 31.6 Å². The molecule has 0 unspecified atom stereocenters. The Morgan fingerprint density at radius 1 is 0.655 bits per heavy atom. The lowest BCUT2D eigenvalue weighted by Gasteiger charge is -2.32. The Kier molecular flexibility index (Phi) is 15.0. The van der Waals surface area contributed by atoms with Crippen LogP contribution in [0.4, 0.5) is 0 Å². The molecule has 2 heterocycles. The van der Waals surface area contributed by atoms with Gasteiger partial charge in [-0.3, -0.25) is 28.8 Å². The number of benzene rings is 3. The summed E-state index contributed by atoms with van der Waals surface area (Å²) in [6.07, 6.45) is 4.50. The molecule has 58 heavy (non-hydrogen) atoms. The molecule has 0 aliphatic carbocycles. The first-order chi connectivity index (χ1) is 27.9. The van der Waals surface area contributed by atoms with Crippen LogP contribution in [0.5, 0.6) is 5.75 Å². The number of hydrogen-bond acceptors (Lipinski definition) is 8. The molecule has 1 aromatic heterocycles. The summed E-state index contributed by atoms with van der Waals surface area (Å²) in [5, 5.41) is 24.7. The van der Waals surface area contributed by atoms with E-state index < -0.39 is 71.7 Å². The van der Waals surface area contributed by atoms with E-state index in [4.69, 9.17) is 5.73 Å². The summed E-state index contributed by atoms with van der Waals surface area (Å²) in [4.78, 5) is 89.1. The SMILES string of the molecule is C[CH][C@@H]1NC(=O)[C@H](CCCCN)NC(=O)[C@@H](Cc2c[nH]c3ccccc23)NC(=O)[C@H](Cc2ccc(O)cc2)NC(=O)[C@H](C)N(C)C(=O)[C@H](Cc2ccccc2)NC1=O. The van der Waals surface area contributed by atoms with Crippen molar-refractivity contribution in [2.45, 2.75) is 88.6 Å². The van der Waals surface area contributed by atoms with Crippen molar-refractivity contribution in [2.24, 2.45) is 5.73 Å². The maximum Gasteiger partial charge on any atom is 0.245 e. The molecule has 15 heteroatoms. The van der Waals surface area contributed by atoms with Gasteiger partial charge in [-0.15, -0.1) is 0 Å². The second-order valence-electron chi connectivity index (χ2n) is 14.6. The molecule has 0 bridgehead atoms. The lowest BCUT2D eigenvalue weighted by molar-refractivity contribution is -0.142. The number of aromatic nitrogens is 1. The van der Waals surface area contributed by atoms with Crippen LogP contribution in [0.1, 0.15) is 49.8 Å². The highest BCUT2D eigenvalue weighted by Gasteiger charge is 2.36. The number of nitrogens with one attached hydrogen (secondary N) is 6. The monoisotopic (exact) mass is 793 g/mol. The van der Waals surface area contributed by atoms with Gasteiger partial charge in [0.15, 0.2) is 0 Å². The topological polar surface area (TPSA) is 228 Å². The molecule has 3 aromatic carbocycles. The van der Waals surface area contributed by atoms with Gasteiger partial charge < -0.3 is 47.3 Å². The summed E-state index contributed by atoms with van der Waals surface area (Å²) in [6, 6.07) is 15.6. The molecule has 1 radical (unpaired) electrons. The van der Waals surface area contributed by atoms with Crippen LogP contribution in [0.3, 0.4) is 0 Å². The zero-order chi connectivity index (χ0) is 41.8. The first-order valence-corrected chi connectivity index (χ1v) is 19.5. The van der Waals surface area contributed by atoms with Crippen LogP contribution in [0.25, 0.3) is 10.9 Å². The number of rotatable bonds is 11. The molecular weight excluding hydrogens is 741 g/mol. The van der Waals surface area contributed by atoms with Crippen molar-refractivity contribution in [1.82, 2.24) is 36.5 Å². The fourth-order valence-corrected chi connectivity index (χ4v) is 6.88. The van der Waals surface area contributed by atoms with Crippen LogP contribution in [-0.4, -0.2) is 100 Å². The minimum absolute atomic E-state index is 0.0107. The van der Waals surface area contributed by atoms with E-state index in [9.17, 15) is 33.9 Å². The van der Waals surface area contributed by atoms with Crippen molar-refractivity contribution < 1.29 is 33.9 Å². The number of phenols is 1. The van der Waals surface area contributed by atoms with E-state index >= 15 is 0 Å². The van der Waals surface area contributed by atoms with Crippen molar-refractivity contribution in [3.63, 3.8) is 0 Å². The number of fused-ring (bicyclic) bond motifs is 1. The summed E-state index contributed by atoms with van der Waals surface area (Å²) in [5.41, 5.74) is 8.64. The fraction of sp³-hybridized carbons (Fsp3) is 0.372. The van der Waals surface area contributed by atoms with Crippen molar-refractivity contribution >= 4 is 46.3 Å². The third-order valence-corrected chi connectivity index (χ3v) is 10.4. The lowest BCUT2D eigenvalue weighted by Crippen LogP contribution is -2.62. The van der Waals surface area contributed by atoms with Gasteiger partial charge in [0, 0.05) is 43.4 Å². The van der Waals surface area contributed by atoms with Crippen molar-refractivity contribution in [3.05, 3.63) is 108 Å². The smallest absolute Gasteiger partial charge is 0.245 e. The largest absolute Gasteiger partial charge is 0.508 e. The van der Waals surface area contributed by atoms with Gasteiger partial charge in [0.2, 0.25) is 35.4 Å². The Morgan fingerprint density at radius 2 is 1.22 bits per heavy atom. The number of carbonyl (C=O) groups excluding carboxylic acids is 6. The fourth-order valence-electron chi connectivity index (χ4n) is 6.88. The molecule has 9 N–H and O–H groups in total. The predicted molar refractivity (Wildman–Crippen MR) is 219 cm³/mol. The molecule has 1 fully saturated rings. The number of nitrogens with two attached hydrogens (primary N) is 1. The molecule has 1 saturated heterocycles. The van der Waals surface area contributed by atoms with Crippen molar-refractivity contribution in [3.8, 4) is 5.75 Å². The van der Waals surface area contributed by atoms with Gasteiger partial charge in [0.25, 0.3) is 0 Å². The molecule has 0 spiro atoms. The van der Waals surface area contributed by atoms with Gasteiger partial charge in [0.05, 0.1) is 0 Å². The number of amides is 6. The predicted octanol–water partition coefficient (Wildman–Crippen LogP) is 1.54. The van der Waals surface area contributed by atoms with E-state index in [0.717, 1.165) is 22.0 Å². The Morgan fingerprint density at radius 3 is 1.91 bits per heavy atom. The van der Waals surface area contributed by atoms with Crippen LogP contribution >= 0.6 is 0 Å². The van der Waals surface area contributed by atoms with E-state index in [1.165, 1.54) is 37.4 Å². The first kappa shape index (κ1) is 42.9. The molecule has 1 aliphatic heterocycles. The molecule has 5 rings (SSSR count). The number of para-hydroxylation sites is 1. The number of aromatic hydroxyl groups is 1. The van der Waals surface area contributed by atoms with Crippen LogP contribution in [0.15, 0.2) is 85.1 Å². The van der Waals surface area contributed by atoms with Gasteiger partial charge >= 0.3 is 0 Å². The quantitative estimate of drug-likeness (QED) is 0.104. The van der Waals surface area contributed by atoms with E-state index in [1.54, 1.807) is 49.5 Å². The van der Waals surface area contributed by atoms with E-state index in [-0.39, 0.29) is 31.4 Å². The Bertz CT molecular complexity index is 2050. The highest BCUT2D eigenvalue weighted by molar-refractivity contribution is 5.99. The van der Waals surface area contributed by atoms with Gasteiger partial charge in [-0.2, -0.15) is 0 Å². The minimum atomic E-state index is -1.25. The number of phenolic OH excluding ortho intramolecular Hbond substituents is 1. The number of H-pyrrole nitrogens is 1. The summed E-state index contributed by atoms with van der Waals surface area (Å²) < 4.78 is 0. The van der Waals surface area contributed by atoms with Crippen LogP contribution in [-0.2, 0) is 48.0 Å². The van der Waals surface area contributed by atoms with Crippen LogP contribution < -0.4 is 32.3 Å². The summed E-state index contributed by atoms with van der Waals surface area (Å²) in [5.74, 6) is -3.89. The van der Waals surface area contributed by atoms with Gasteiger partial charge in [0.1, 0.15) is 42.0 Å². The third kappa shape index (κ3) is 11.2.